The Morgan fingerprint density at radius 3 is 1.14 bits per heavy atom. The topological polar surface area (TPSA) is 98.2 Å². The van der Waals surface area contributed by atoms with Crippen LogP contribution in [0.5, 0.6) is 0 Å². The highest BCUT2D eigenvalue weighted by molar-refractivity contribution is 5.98. The lowest BCUT2D eigenvalue weighted by molar-refractivity contribution is 0.236. The highest BCUT2D eigenvalue weighted by Crippen LogP contribution is 2.21. The van der Waals surface area contributed by atoms with Gasteiger partial charge >= 0.3 is 12.1 Å². The Morgan fingerprint density at radius 2 is 0.952 bits per heavy atom. The second kappa shape index (κ2) is 6.38. The van der Waals surface area contributed by atoms with Crippen molar-refractivity contribution in [2.24, 2.45) is 11.5 Å². The SMILES string of the molecule is NC(=O)NC(N)=O.c1ccc2cc3ccccc3cc2c1. The Morgan fingerprint density at radius 1 is 0.667 bits per heavy atom. The van der Waals surface area contributed by atoms with Gasteiger partial charge in [-0.3, -0.25) is 5.32 Å². The molecule has 0 aromatic heterocycles. The molecule has 5 heteroatoms. The summed E-state index contributed by atoms with van der Waals surface area (Å²) in [6, 6.07) is 19.5. The summed E-state index contributed by atoms with van der Waals surface area (Å²) in [7, 11) is 0. The van der Waals surface area contributed by atoms with Crippen LogP contribution < -0.4 is 16.8 Å². The highest BCUT2D eigenvalue weighted by Gasteiger charge is 1.95. The molecule has 0 unspecified atom stereocenters. The van der Waals surface area contributed by atoms with Crippen LogP contribution in [0.25, 0.3) is 21.5 Å². The number of hydrogen-bond donors (Lipinski definition) is 3. The standard InChI is InChI=1S/C14H10.C2H5N3O2/c1-2-6-12-10-14-8-4-3-7-13(14)9-11(12)5-1;3-1(6)5-2(4)7/h1-10H;(H5,3,4,5,6,7). The Hall–Kier alpha value is -3.08. The van der Waals surface area contributed by atoms with Crippen molar-refractivity contribution in [2.75, 3.05) is 0 Å². The molecule has 0 fully saturated rings. The van der Waals surface area contributed by atoms with E-state index >= 15 is 0 Å². The van der Waals surface area contributed by atoms with Gasteiger partial charge < -0.3 is 11.5 Å². The number of carbonyl (C=O) groups excluding carboxylic acids is 2. The lowest BCUT2D eigenvalue weighted by Crippen LogP contribution is -2.38. The van der Waals surface area contributed by atoms with E-state index in [9.17, 15) is 9.59 Å². The average Bonchev–Trinajstić information content (AvgIpc) is 2.44. The number of nitrogens with two attached hydrogens (primary N) is 2. The first kappa shape index (κ1) is 14.3. The third-order valence-corrected chi connectivity index (χ3v) is 2.86. The molecular weight excluding hydrogens is 266 g/mol. The molecular formula is C16H15N3O2. The summed E-state index contributed by atoms with van der Waals surface area (Å²) in [4.78, 5) is 19.2. The fourth-order valence-electron chi connectivity index (χ4n) is 2.00. The Labute approximate surface area is 121 Å². The summed E-state index contributed by atoms with van der Waals surface area (Å²) in [5.41, 5.74) is 8.88. The van der Waals surface area contributed by atoms with Crippen LogP contribution >= 0.6 is 0 Å². The predicted octanol–water partition coefficient (Wildman–Crippen LogP) is 2.73. The van der Waals surface area contributed by atoms with Gasteiger partial charge in [0.05, 0.1) is 0 Å². The Balaban J connectivity index is 0.000000199. The van der Waals surface area contributed by atoms with Crippen molar-refractivity contribution in [1.82, 2.24) is 5.32 Å². The number of amides is 4. The van der Waals surface area contributed by atoms with E-state index in [0.29, 0.717) is 0 Å². The lowest BCUT2D eigenvalue weighted by Gasteiger charge is -2.00. The first-order chi connectivity index (χ1) is 10.1. The summed E-state index contributed by atoms with van der Waals surface area (Å²) in [6.45, 7) is 0. The molecule has 0 bridgehead atoms. The summed E-state index contributed by atoms with van der Waals surface area (Å²) in [6.07, 6.45) is 0. The zero-order valence-electron chi connectivity index (χ0n) is 11.2. The number of nitrogens with one attached hydrogen (secondary N) is 1. The van der Waals surface area contributed by atoms with E-state index in [1.54, 1.807) is 5.32 Å². The number of hydrogen-bond acceptors (Lipinski definition) is 2. The molecule has 3 aromatic carbocycles. The molecule has 106 valence electrons. The van der Waals surface area contributed by atoms with Gasteiger partial charge in [0.1, 0.15) is 0 Å². The Kier molecular flexibility index (Phi) is 4.36. The molecule has 0 spiro atoms. The number of carbonyl (C=O) groups is 2. The molecule has 0 saturated carbocycles. The van der Waals surface area contributed by atoms with Crippen LogP contribution in [-0.2, 0) is 0 Å². The largest absolute Gasteiger partial charge is 0.351 e. The van der Waals surface area contributed by atoms with Crippen molar-refractivity contribution in [1.29, 1.82) is 0 Å². The zero-order chi connectivity index (χ0) is 15.2. The van der Waals surface area contributed by atoms with Crippen LogP contribution in [0.4, 0.5) is 9.59 Å². The first-order valence-electron chi connectivity index (χ1n) is 6.29. The van der Waals surface area contributed by atoms with Crippen molar-refractivity contribution >= 4 is 33.6 Å². The van der Waals surface area contributed by atoms with Gasteiger partial charge in [-0.05, 0) is 33.7 Å². The first-order valence-corrected chi connectivity index (χ1v) is 6.29. The number of imide groups is 1. The number of primary amides is 2. The quantitative estimate of drug-likeness (QED) is 0.552. The van der Waals surface area contributed by atoms with Crippen LogP contribution in [0.2, 0.25) is 0 Å². The van der Waals surface area contributed by atoms with E-state index in [-0.39, 0.29) is 0 Å². The van der Waals surface area contributed by atoms with Gasteiger partial charge in [0.25, 0.3) is 0 Å². The fraction of sp³-hybridized carbons (Fsp3) is 0. The van der Waals surface area contributed by atoms with Crippen molar-refractivity contribution in [3.8, 4) is 0 Å². The molecule has 5 N–H and O–H groups in total. The van der Waals surface area contributed by atoms with Crippen LogP contribution in [0, 0.1) is 0 Å². The maximum absolute atomic E-state index is 9.62. The van der Waals surface area contributed by atoms with Crippen LogP contribution in [-0.4, -0.2) is 12.1 Å². The van der Waals surface area contributed by atoms with Crippen molar-refractivity contribution in [2.45, 2.75) is 0 Å². The molecule has 5 nitrogen and oxygen atoms in total. The summed E-state index contributed by atoms with van der Waals surface area (Å²) in [5, 5.41) is 6.83. The normalized spacial score (nSPS) is 9.71. The van der Waals surface area contributed by atoms with Gasteiger partial charge in [-0.2, -0.15) is 0 Å². The third-order valence-electron chi connectivity index (χ3n) is 2.86. The van der Waals surface area contributed by atoms with Crippen LogP contribution in [0.15, 0.2) is 60.7 Å². The van der Waals surface area contributed by atoms with Gasteiger partial charge in [0, 0.05) is 0 Å². The minimum Gasteiger partial charge on any atom is -0.351 e. The monoisotopic (exact) mass is 281 g/mol. The van der Waals surface area contributed by atoms with Crippen LogP contribution in [0.3, 0.4) is 0 Å². The van der Waals surface area contributed by atoms with Gasteiger partial charge in [-0.25, -0.2) is 9.59 Å². The number of fused-ring (bicyclic) bond motifs is 2. The third kappa shape index (κ3) is 3.94. The second-order valence-corrected chi connectivity index (χ2v) is 4.40. The smallest absolute Gasteiger partial charge is 0.320 e. The number of urea groups is 2. The van der Waals surface area contributed by atoms with E-state index in [0.717, 1.165) is 0 Å². The van der Waals surface area contributed by atoms with E-state index in [1.165, 1.54) is 21.5 Å². The molecule has 3 aromatic rings. The Bertz CT molecular complexity index is 682. The molecule has 0 radical (unpaired) electrons. The molecule has 0 aliphatic rings. The van der Waals surface area contributed by atoms with Crippen LogP contribution in [0.1, 0.15) is 0 Å². The number of rotatable bonds is 0. The maximum Gasteiger partial charge on any atom is 0.320 e. The van der Waals surface area contributed by atoms with Crippen molar-refractivity contribution in [3.05, 3.63) is 60.7 Å². The average molecular weight is 281 g/mol. The molecule has 3 rings (SSSR count). The molecule has 0 atom stereocenters. The molecule has 0 heterocycles. The highest BCUT2D eigenvalue weighted by atomic mass is 16.2. The van der Waals surface area contributed by atoms with Crippen molar-refractivity contribution in [3.63, 3.8) is 0 Å². The molecule has 4 amide bonds. The van der Waals surface area contributed by atoms with Gasteiger partial charge in [-0.15, -0.1) is 0 Å². The van der Waals surface area contributed by atoms with E-state index in [2.05, 4.69) is 72.1 Å². The molecule has 21 heavy (non-hydrogen) atoms. The second-order valence-electron chi connectivity index (χ2n) is 4.40. The summed E-state index contributed by atoms with van der Waals surface area (Å²) < 4.78 is 0. The minimum absolute atomic E-state index is 0.937. The predicted molar refractivity (Wildman–Crippen MR) is 83.8 cm³/mol. The summed E-state index contributed by atoms with van der Waals surface area (Å²) in [5.74, 6) is 0. The van der Waals surface area contributed by atoms with Gasteiger partial charge in [0.15, 0.2) is 0 Å². The van der Waals surface area contributed by atoms with E-state index in [1.807, 2.05) is 0 Å². The van der Waals surface area contributed by atoms with Gasteiger partial charge in [-0.1, -0.05) is 48.5 Å². The molecule has 0 saturated heterocycles. The van der Waals surface area contributed by atoms with E-state index < -0.39 is 12.1 Å². The van der Waals surface area contributed by atoms with E-state index in [4.69, 9.17) is 0 Å². The zero-order valence-corrected chi connectivity index (χ0v) is 11.2. The van der Waals surface area contributed by atoms with Gasteiger partial charge in [0.2, 0.25) is 0 Å². The molecule has 0 aliphatic heterocycles. The van der Waals surface area contributed by atoms with Crippen molar-refractivity contribution < 1.29 is 9.59 Å². The minimum atomic E-state index is -0.938. The fourth-order valence-corrected chi connectivity index (χ4v) is 2.00. The molecule has 0 aliphatic carbocycles. The summed E-state index contributed by atoms with van der Waals surface area (Å²) >= 11 is 0. The lowest BCUT2D eigenvalue weighted by atomic mass is 10.0. The number of benzene rings is 3. The maximum atomic E-state index is 9.62.